The number of halogens is 1. The Balaban J connectivity index is 0.000000158. The number of rotatable bonds is 14. The summed E-state index contributed by atoms with van der Waals surface area (Å²) in [5, 5.41) is 37.8. The van der Waals surface area contributed by atoms with Crippen LogP contribution in [0, 0.1) is 11.8 Å². The van der Waals surface area contributed by atoms with Crippen molar-refractivity contribution in [3.05, 3.63) is 129 Å². The summed E-state index contributed by atoms with van der Waals surface area (Å²) >= 11 is 3.50. The lowest BCUT2D eigenvalue weighted by molar-refractivity contribution is 0.0341. The van der Waals surface area contributed by atoms with Gasteiger partial charge in [-0.3, -0.25) is 14.9 Å². The molecule has 0 bridgehead atoms. The molecule has 8 aromatic rings. The molecule has 17 heteroatoms. The molecule has 7 heterocycles. The third kappa shape index (κ3) is 10.1. The molecule has 338 valence electrons. The highest BCUT2D eigenvalue weighted by Gasteiger charge is 2.24. The van der Waals surface area contributed by atoms with Gasteiger partial charge in [0.15, 0.2) is 22.9 Å². The molecule has 0 radical (unpaired) electrons. The van der Waals surface area contributed by atoms with Gasteiger partial charge in [0.1, 0.15) is 36.0 Å². The molecule has 6 aromatic heterocycles. The van der Waals surface area contributed by atoms with E-state index in [9.17, 15) is 0 Å². The third-order valence-corrected chi connectivity index (χ3v) is 12.9. The van der Waals surface area contributed by atoms with Crippen molar-refractivity contribution in [1.82, 2.24) is 54.5 Å². The highest BCUT2D eigenvalue weighted by Crippen LogP contribution is 2.31. The van der Waals surface area contributed by atoms with E-state index < -0.39 is 0 Å². The largest absolute Gasteiger partial charge is 0.395 e. The highest BCUT2D eigenvalue weighted by atomic mass is 79.9. The van der Waals surface area contributed by atoms with E-state index in [1.54, 1.807) is 10.7 Å². The summed E-state index contributed by atoms with van der Waals surface area (Å²) in [6, 6.07) is 24.6. The van der Waals surface area contributed by atoms with Crippen molar-refractivity contribution in [2.75, 3.05) is 39.5 Å². The number of morpholine rings is 1. The Morgan fingerprint density at radius 2 is 1.18 bits per heavy atom. The molecule has 0 amide bonds. The number of nitrogens with zero attached hydrogens (tertiary/aromatic N) is 13. The average Bonchev–Trinajstić information content (AvgIpc) is 4.27. The third-order valence-electron chi connectivity index (χ3n) is 12.5. The Morgan fingerprint density at radius 1 is 0.667 bits per heavy atom. The summed E-state index contributed by atoms with van der Waals surface area (Å²) in [4.78, 5) is 22.5. The number of hydrogen-bond acceptors (Lipinski definition) is 14. The second kappa shape index (κ2) is 19.3. The predicted octanol–water partition coefficient (Wildman–Crippen LogP) is 8.54. The lowest BCUT2D eigenvalue weighted by Crippen LogP contribution is -2.35. The summed E-state index contributed by atoms with van der Waals surface area (Å²) in [5.41, 5.74) is 9.84. The monoisotopic (exact) mass is 949 g/mol. The van der Waals surface area contributed by atoms with Crippen LogP contribution in [0.15, 0.2) is 100.0 Å². The van der Waals surface area contributed by atoms with Gasteiger partial charge in [-0.25, -0.2) is 0 Å². The summed E-state index contributed by atoms with van der Waals surface area (Å²) in [7, 11) is 0. The maximum atomic E-state index is 5.51. The molecule has 0 N–H and O–H groups in total. The number of ether oxygens (including phenoxy) is 1. The van der Waals surface area contributed by atoms with Crippen LogP contribution >= 0.6 is 15.9 Å². The Morgan fingerprint density at radius 3 is 1.71 bits per heavy atom. The van der Waals surface area contributed by atoms with Gasteiger partial charge in [0.25, 0.3) is 0 Å². The van der Waals surface area contributed by atoms with Crippen LogP contribution in [-0.4, -0.2) is 105 Å². The first-order valence-electron chi connectivity index (χ1n) is 22.7. The van der Waals surface area contributed by atoms with E-state index in [0.717, 1.165) is 105 Å². The minimum absolute atomic E-state index is 0.00147. The highest BCUT2D eigenvalue weighted by molar-refractivity contribution is 9.10. The van der Waals surface area contributed by atoms with Gasteiger partial charge in [-0.05, 0) is 145 Å². The van der Waals surface area contributed by atoms with Gasteiger partial charge in [0.05, 0.1) is 24.2 Å². The molecule has 2 atom stereocenters. The molecule has 2 saturated carbocycles. The van der Waals surface area contributed by atoms with E-state index in [1.165, 1.54) is 31.2 Å². The van der Waals surface area contributed by atoms with Crippen molar-refractivity contribution in [2.24, 2.45) is 22.1 Å². The van der Waals surface area contributed by atoms with Crippen molar-refractivity contribution < 1.29 is 14.4 Å². The van der Waals surface area contributed by atoms with Crippen LogP contribution < -0.4 is 0 Å². The van der Waals surface area contributed by atoms with Crippen LogP contribution in [0.3, 0.4) is 0 Å². The zero-order chi connectivity index (χ0) is 45.1. The van der Waals surface area contributed by atoms with E-state index in [4.69, 9.17) is 29.6 Å². The van der Waals surface area contributed by atoms with Crippen LogP contribution in [-0.2, 0) is 21.0 Å². The lowest BCUT2D eigenvalue weighted by atomic mass is 9.98. The smallest absolute Gasteiger partial charge is 0.177 e. The zero-order valence-electron chi connectivity index (χ0n) is 37.6. The first kappa shape index (κ1) is 43.6. The zero-order valence-corrected chi connectivity index (χ0v) is 39.2. The standard InChI is InChI=1S/C27H31N7O2.C22H21BrN6O/c1-18(22-5-6-25-23(14-22)13-21(15-28-25)16-33-9-11-35-12-10-33)27-30-29-26-8-7-24(31-34(26)27)19(2)32-36-17-20-3-4-20;1-13(16-5-6-20-17(9-16)10-18(23)11-24-20)22-26-25-21-8-7-19(27-29(21)22)14(2)28-30-12-15-3-4-15/h5-8,13-15,18,20H,3-4,9-12,16-17H2,1-2H3;5-11,13,15H,3-4,12H2,1-2H3/b32-19+;28-14+. The quantitative estimate of drug-likeness (QED) is 0.0754. The number of pyridine rings is 2. The second-order valence-electron chi connectivity index (χ2n) is 17.7. The molecule has 16 nitrogen and oxygen atoms in total. The molecular weight excluding hydrogens is 899 g/mol. The molecule has 1 saturated heterocycles. The maximum Gasteiger partial charge on any atom is 0.177 e. The van der Waals surface area contributed by atoms with Gasteiger partial charge in [0.2, 0.25) is 0 Å². The maximum absolute atomic E-state index is 5.51. The topological polar surface area (TPSA) is 168 Å². The molecule has 11 rings (SSSR count). The Hall–Kier alpha value is -6.30. The molecule has 2 unspecified atom stereocenters. The molecule has 2 aliphatic carbocycles. The molecule has 3 aliphatic rings. The number of hydrogen-bond donors (Lipinski definition) is 0. The number of aromatic nitrogens is 10. The van der Waals surface area contributed by atoms with Crippen molar-refractivity contribution >= 4 is 60.5 Å². The minimum atomic E-state index is -0.00147. The fourth-order valence-electron chi connectivity index (χ4n) is 7.94. The molecule has 0 spiro atoms. The average molecular weight is 951 g/mol. The van der Waals surface area contributed by atoms with Crippen molar-refractivity contribution in [3.8, 4) is 0 Å². The van der Waals surface area contributed by atoms with Gasteiger partial charge in [-0.2, -0.15) is 19.2 Å². The van der Waals surface area contributed by atoms with E-state index in [1.807, 2.05) is 54.9 Å². The van der Waals surface area contributed by atoms with Gasteiger partial charge < -0.3 is 14.4 Å². The summed E-state index contributed by atoms with van der Waals surface area (Å²) in [5.74, 6) is 2.90. The van der Waals surface area contributed by atoms with Crippen molar-refractivity contribution in [3.63, 3.8) is 0 Å². The summed E-state index contributed by atoms with van der Waals surface area (Å²) in [6.45, 7) is 13.8. The van der Waals surface area contributed by atoms with Gasteiger partial charge in [-0.15, -0.1) is 20.4 Å². The normalized spacial score (nSPS) is 17.0. The number of fused-ring (bicyclic) bond motifs is 4. The second-order valence-corrected chi connectivity index (χ2v) is 18.6. The summed E-state index contributed by atoms with van der Waals surface area (Å²) in [6.07, 6.45) is 8.74. The van der Waals surface area contributed by atoms with Crippen LogP contribution in [0.1, 0.15) is 105 Å². The molecule has 1 aliphatic heterocycles. The van der Waals surface area contributed by atoms with Crippen LogP contribution in [0.4, 0.5) is 0 Å². The molecule has 3 fully saturated rings. The summed E-state index contributed by atoms with van der Waals surface area (Å²) < 4.78 is 10.0. The van der Waals surface area contributed by atoms with Crippen molar-refractivity contribution in [1.29, 1.82) is 0 Å². The van der Waals surface area contributed by atoms with Crippen LogP contribution in [0.2, 0.25) is 0 Å². The van der Waals surface area contributed by atoms with E-state index in [-0.39, 0.29) is 11.8 Å². The molecule has 66 heavy (non-hydrogen) atoms. The minimum Gasteiger partial charge on any atom is -0.395 e. The first-order chi connectivity index (χ1) is 32.2. The Kier molecular flexibility index (Phi) is 12.7. The molecule has 2 aromatic carbocycles. The van der Waals surface area contributed by atoms with Crippen LogP contribution in [0.5, 0.6) is 0 Å². The van der Waals surface area contributed by atoms with Gasteiger partial charge in [-0.1, -0.05) is 36.3 Å². The van der Waals surface area contributed by atoms with E-state index in [0.29, 0.717) is 36.3 Å². The SMILES string of the molecule is C/C(=N\OCC1CC1)c1ccc2nnc(C(C)c3ccc4ncc(Br)cc4c3)n2n1.C/C(=N\OCC1CC1)c1ccc2nnc(C(C)c3ccc4ncc(CN5CCOCC5)cc4c3)n2n1. The Labute approximate surface area is 390 Å². The van der Waals surface area contributed by atoms with Crippen LogP contribution in [0.25, 0.3) is 33.1 Å². The molecular formula is C49H52BrN13O3. The van der Waals surface area contributed by atoms with Gasteiger partial charge >= 0.3 is 0 Å². The predicted molar refractivity (Wildman–Crippen MR) is 256 cm³/mol. The number of benzene rings is 2. The fraction of sp³-hybridized carbons (Fsp3) is 0.388. The van der Waals surface area contributed by atoms with Crippen molar-refractivity contribution in [2.45, 2.75) is 71.8 Å². The Bertz CT molecular complexity index is 3080. The first-order valence-corrected chi connectivity index (χ1v) is 23.5. The number of oxime groups is 2. The lowest BCUT2D eigenvalue weighted by Gasteiger charge is -2.26. The van der Waals surface area contributed by atoms with E-state index >= 15 is 0 Å². The van der Waals surface area contributed by atoms with E-state index in [2.05, 4.69) is 113 Å². The van der Waals surface area contributed by atoms with Gasteiger partial charge in [0, 0.05) is 59.1 Å². The fourth-order valence-corrected chi connectivity index (χ4v) is 8.29.